The highest BCUT2D eigenvalue weighted by atomic mass is 127. The van der Waals surface area contributed by atoms with Gasteiger partial charge in [0.05, 0.1) is 0 Å². The SMILES string of the molecule is CC1CNC(C)(C)CN1Cc1ccc(I)cc1. The first-order valence-corrected chi connectivity index (χ1v) is 7.28. The van der Waals surface area contributed by atoms with E-state index in [4.69, 9.17) is 0 Å². The Bertz CT molecular complexity index is 372. The van der Waals surface area contributed by atoms with Crippen LogP contribution in [0.5, 0.6) is 0 Å². The molecule has 2 nitrogen and oxygen atoms in total. The molecule has 1 fully saturated rings. The number of rotatable bonds is 2. The third kappa shape index (κ3) is 3.66. The Morgan fingerprint density at radius 3 is 2.65 bits per heavy atom. The average molecular weight is 344 g/mol. The van der Waals surface area contributed by atoms with Crippen LogP contribution in [0.2, 0.25) is 0 Å². The van der Waals surface area contributed by atoms with Crippen molar-refractivity contribution in [1.82, 2.24) is 10.2 Å². The van der Waals surface area contributed by atoms with Crippen molar-refractivity contribution in [2.45, 2.75) is 38.9 Å². The summed E-state index contributed by atoms with van der Waals surface area (Å²) < 4.78 is 1.31. The van der Waals surface area contributed by atoms with Gasteiger partial charge in [-0.05, 0) is 61.1 Å². The Hall–Kier alpha value is -0.130. The van der Waals surface area contributed by atoms with Crippen molar-refractivity contribution in [3.8, 4) is 0 Å². The minimum absolute atomic E-state index is 0.232. The van der Waals surface area contributed by atoms with Crippen LogP contribution in [0, 0.1) is 3.57 Å². The molecular weight excluding hydrogens is 323 g/mol. The number of nitrogens with one attached hydrogen (secondary N) is 1. The average Bonchev–Trinajstić information content (AvgIpc) is 2.26. The molecule has 17 heavy (non-hydrogen) atoms. The maximum atomic E-state index is 3.59. The molecule has 1 heterocycles. The summed E-state index contributed by atoms with van der Waals surface area (Å²) >= 11 is 2.35. The first-order valence-electron chi connectivity index (χ1n) is 6.20. The Balaban J connectivity index is 2.04. The Morgan fingerprint density at radius 1 is 1.35 bits per heavy atom. The van der Waals surface area contributed by atoms with E-state index in [9.17, 15) is 0 Å². The zero-order valence-corrected chi connectivity index (χ0v) is 13.0. The van der Waals surface area contributed by atoms with Gasteiger partial charge in [0, 0.05) is 34.8 Å². The fourth-order valence-electron chi connectivity index (χ4n) is 2.31. The molecule has 0 aliphatic carbocycles. The van der Waals surface area contributed by atoms with E-state index in [2.05, 4.69) is 77.8 Å². The molecule has 0 bridgehead atoms. The molecule has 0 amide bonds. The molecule has 0 spiro atoms. The van der Waals surface area contributed by atoms with Crippen molar-refractivity contribution in [1.29, 1.82) is 0 Å². The number of hydrogen-bond acceptors (Lipinski definition) is 2. The molecule has 1 aromatic carbocycles. The maximum Gasteiger partial charge on any atom is 0.0253 e. The number of nitrogens with zero attached hydrogens (tertiary/aromatic N) is 1. The first kappa shape index (κ1) is 13.3. The molecule has 1 aliphatic rings. The van der Waals surface area contributed by atoms with Gasteiger partial charge < -0.3 is 5.32 Å². The number of hydrogen-bond donors (Lipinski definition) is 1. The highest BCUT2D eigenvalue weighted by Gasteiger charge is 2.29. The van der Waals surface area contributed by atoms with Gasteiger partial charge >= 0.3 is 0 Å². The lowest BCUT2D eigenvalue weighted by molar-refractivity contribution is 0.0978. The summed E-state index contributed by atoms with van der Waals surface area (Å²) in [6, 6.07) is 9.47. The summed E-state index contributed by atoms with van der Waals surface area (Å²) in [5.41, 5.74) is 1.64. The molecule has 1 aliphatic heterocycles. The first-order chi connectivity index (χ1) is 7.96. The molecule has 1 atom stereocenters. The molecule has 0 saturated carbocycles. The summed E-state index contributed by atoms with van der Waals surface area (Å²) in [7, 11) is 0. The van der Waals surface area contributed by atoms with E-state index in [-0.39, 0.29) is 5.54 Å². The predicted molar refractivity (Wildman–Crippen MR) is 81.1 cm³/mol. The van der Waals surface area contributed by atoms with Gasteiger partial charge in [0.25, 0.3) is 0 Å². The van der Waals surface area contributed by atoms with Crippen LogP contribution in [0.4, 0.5) is 0 Å². The van der Waals surface area contributed by atoms with Gasteiger partial charge in [0.15, 0.2) is 0 Å². The standard InChI is InChI=1S/C14H21IN2/c1-11-8-16-14(2,3)10-17(11)9-12-4-6-13(15)7-5-12/h4-7,11,16H,8-10H2,1-3H3. The molecule has 2 rings (SSSR count). The van der Waals surface area contributed by atoms with Crippen LogP contribution in [0.1, 0.15) is 26.3 Å². The number of halogens is 1. The normalized spacial score (nSPS) is 24.8. The smallest absolute Gasteiger partial charge is 0.0253 e. The summed E-state index contributed by atoms with van der Waals surface area (Å²) in [6.45, 7) is 10.1. The van der Waals surface area contributed by atoms with Crippen LogP contribution in [0.3, 0.4) is 0 Å². The molecule has 0 aromatic heterocycles. The monoisotopic (exact) mass is 344 g/mol. The van der Waals surface area contributed by atoms with Crippen molar-refractivity contribution in [2.75, 3.05) is 13.1 Å². The Morgan fingerprint density at radius 2 is 2.00 bits per heavy atom. The minimum Gasteiger partial charge on any atom is -0.309 e. The second-order valence-corrected chi connectivity index (χ2v) is 6.89. The van der Waals surface area contributed by atoms with E-state index in [1.54, 1.807) is 0 Å². The highest BCUT2D eigenvalue weighted by Crippen LogP contribution is 2.18. The minimum atomic E-state index is 0.232. The van der Waals surface area contributed by atoms with Gasteiger partial charge in [-0.3, -0.25) is 4.90 Å². The lowest BCUT2D eigenvalue weighted by Gasteiger charge is -2.43. The van der Waals surface area contributed by atoms with E-state index >= 15 is 0 Å². The molecular formula is C14H21IN2. The molecule has 1 N–H and O–H groups in total. The molecule has 94 valence electrons. The molecule has 3 heteroatoms. The summed E-state index contributed by atoms with van der Waals surface area (Å²) in [5, 5.41) is 3.59. The fourth-order valence-corrected chi connectivity index (χ4v) is 2.67. The van der Waals surface area contributed by atoms with Gasteiger partial charge in [-0.25, -0.2) is 0 Å². The Kier molecular flexibility index (Phi) is 4.10. The van der Waals surface area contributed by atoms with Gasteiger partial charge in [-0.15, -0.1) is 0 Å². The molecule has 1 saturated heterocycles. The fraction of sp³-hybridized carbons (Fsp3) is 0.571. The van der Waals surface area contributed by atoms with Crippen molar-refractivity contribution < 1.29 is 0 Å². The lowest BCUT2D eigenvalue weighted by atomic mass is 9.98. The third-order valence-corrected chi connectivity index (χ3v) is 4.12. The van der Waals surface area contributed by atoms with Crippen LogP contribution in [-0.2, 0) is 6.54 Å². The van der Waals surface area contributed by atoms with Crippen LogP contribution < -0.4 is 5.32 Å². The topological polar surface area (TPSA) is 15.3 Å². The summed E-state index contributed by atoms with van der Waals surface area (Å²) in [5.74, 6) is 0. The molecule has 0 radical (unpaired) electrons. The largest absolute Gasteiger partial charge is 0.309 e. The van der Waals surface area contributed by atoms with Crippen LogP contribution in [-0.4, -0.2) is 29.6 Å². The third-order valence-electron chi connectivity index (χ3n) is 3.40. The van der Waals surface area contributed by atoms with Crippen LogP contribution in [0.15, 0.2) is 24.3 Å². The zero-order valence-electron chi connectivity index (χ0n) is 10.8. The van der Waals surface area contributed by atoms with E-state index in [0.717, 1.165) is 19.6 Å². The summed E-state index contributed by atoms with van der Waals surface area (Å²) in [4.78, 5) is 2.57. The van der Waals surface area contributed by atoms with Gasteiger partial charge in [-0.2, -0.15) is 0 Å². The van der Waals surface area contributed by atoms with Crippen LogP contribution >= 0.6 is 22.6 Å². The molecule has 1 aromatic rings. The number of piperazine rings is 1. The van der Waals surface area contributed by atoms with Crippen molar-refractivity contribution in [3.63, 3.8) is 0 Å². The van der Waals surface area contributed by atoms with Crippen molar-refractivity contribution >= 4 is 22.6 Å². The van der Waals surface area contributed by atoms with E-state index in [1.165, 1.54) is 9.13 Å². The Labute approximate surface area is 118 Å². The van der Waals surface area contributed by atoms with Crippen molar-refractivity contribution in [3.05, 3.63) is 33.4 Å². The van der Waals surface area contributed by atoms with E-state index in [0.29, 0.717) is 6.04 Å². The predicted octanol–water partition coefficient (Wildman–Crippen LogP) is 2.86. The van der Waals surface area contributed by atoms with Crippen molar-refractivity contribution in [2.24, 2.45) is 0 Å². The lowest BCUT2D eigenvalue weighted by Crippen LogP contribution is -2.60. The maximum absolute atomic E-state index is 3.59. The van der Waals surface area contributed by atoms with Crippen LogP contribution in [0.25, 0.3) is 0 Å². The zero-order chi connectivity index (χ0) is 12.5. The number of benzene rings is 1. The van der Waals surface area contributed by atoms with Gasteiger partial charge in [-0.1, -0.05) is 12.1 Å². The second-order valence-electron chi connectivity index (χ2n) is 5.65. The molecule has 1 unspecified atom stereocenters. The summed E-state index contributed by atoms with van der Waals surface area (Å²) in [6.07, 6.45) is 0. The van der Waals surface area contributed by atoms with Gasteiger partial charge in [0.1, 0.15) is 0 Å². The highest BCUT2D eigenvalue weighted by molar-refractivity contribution is 14.1. The quantitative estimate of drug-likeness (QED) is 0.830. The van der Waals surface area contributed by atoms with Gasteiger partial charge in [0.2, 0.25) is 0 Å². The van der Waals surface area contributed by atoms with E-state index in [1.807, 2.05) is 0 Å². The second kappa shape index (κ2) is 5.24. The van der Waals surface area contributed by atoms with E-state index < -0.39 is 0 Å².